The van der Waals surface area contributed by atoms with Crippen molar-refractivity contribution < 1.29 is 23.8 Å². The number of rotatable bonds is 8. The summed E-state index contributed by atoms with van der Waals surface area (Å²) < 4.78 is 16.4. The van der Waals surface area contributed by atoms with E-state index in [2.05, 4.69) is 4.74 Å². The molecule has 0 bridgehead atoms. The molecule has 0 saturated carbocycles. The Morgan fingerprint density at radius 2 is 1.90 bits per heavy atom. The number of esters is 1. The van der Waals surface area contributed by atoms with Crippen molar-refractivity contribution in [1.29, 1.82) is 0 Å². The number of nitrogens with zero attached hydrogens (tertiary/aromatic N) is 1. The van der Waals surface area contributed by atoms with Crippen LogP contribution in [0.2, 0.25) is 0 Å². The van der Waals surface area contributed by atoms with Crippen LogP contribution in [0.15, 0.2) is 53.4 Å². The van der Waals surface area contributed by atoms with Gasteiger partial charge in [0.15, 0.2) is 11.5 Å². The number of carbonyl (C=O) groups is 2. The zero-order valence-electron chi connectivity index (χ0n) is 16.6. The zero-order chi connectivity index (χ0) is 21.5. The SMILES string of the molecule is COC(=O)CCN1C(=O)C(=Cc2ccc(OCc3ccccc3)c(OC)c2)SC1=S. The maximum atomic E-state index is 12.6. The maximum Gasteiger partial charge on any atom is 0.307 e. The molecular weight excluding hydrogens is 422 g/mol. The summed E-state index contributed by atoms with van der Waals surface area (Å²) in [5.41, 5.74) is 1.84. The van der Waals surface area contributed by atoms with Gasteiger partial charge in [-0.1, -0.05) is 60.4 Å². The summed E-state index contributed by atoms with van der Waals surface area (Å²) in [6.45, 7) is 0.625. The molecule has 30 heavy (non-hydrogen) atoms. The highest BCUT2D eigenvalue weighted by atomic mass is 32.2. The third kappa shape index (κ3) is 5.40. The number of hydrogen-bond donors (Lipinski definition) is 0. The molecule has 0 spiro atoms. The summed E-state index contributed by atoms with van der Waals surface area (Å²) in [5, 5.41) is 0. The lowest BCUT2D eigenvalue weighted by Crippen LogP contribution is -2.30. The maximum absolute atomic E-state index is 12.6. The van der Waals surface area contributed by atoms with Gasteiger partial charge < -0.3 is 14.2 Å². The fourth-order valence-electron chi connectivity index (χ4n) is 2.78. The van der Waals surface area contributed by atoms with Crippen molar-refractivity contribution in [3.8, 4) is 11.5 Å². The van der Waals surface area contributed by atoms with Crippen LogP contribution in [0.25, 0.3) is 6.08 Å². The van der Waals surface area contributed by atoms with E-state index in [1.165, 1.54) is 23.8 Å². The molecule has 1 fully saturated rings. The number of ether oxygens (including phenoxy) is 3. The summed E-state index contributed by atoms with van der Waals surface area (Å²) in [7, 11) is 2.88. The van der Waals surface area contributed by atoms with Crippen molar-refractivity contribution in [2.45, 2.75) is 13.0 Å². The molecule has 2 aromatic carbocycles. The summed E-state index contributed by atoms with van der Waals surface area (Å²) in [4.78, 5) is 25.9. The highest BCUT2D eigenvalue weighted by Gasteiger charge is 2.32. The number of methoxy groups -OCH3 is 2. The molecule has 8 heteroatoms. The molecule has 156 valence electrons. The lowest BCUT2D eigenvalue weighted by atomic mass is 10.1. The van der Waals surface area contributed by atoms with E-state index >= 15 is 0 Å². The number of amides is 1. The Labute approximate surface area is 184 Å². The second-order valence-corrected chi connectivity index (χ2v) is 8.02. The van der Waals surface area contributed by atoms with Gasteiger partial charge >= 0.3 is 5.97 Å². The van der Waals surface area contributed by atoms with Crippen LogP contribution in [0.1, 0.15) is 17.5 Å². The fourth-order valence-corrected chi connectivity index (χ4v) is 4.09. The molecule has 3 rings (SSSR count). The quantitative estimate of drug-likeness (QED) is 0.347. The van der Waals surface area contributed by atoms with Gasteiger partial charge in [0.25, 0.3) is 5.91 Å². The van der Waals surface area contributed by atoms with Gasteiger partial charge in [0.2, 0.25) is 0 Å². The molecule has 1 saturated heterocycles. The summed E-state index contributed by atoms with van der Waals surface area (Å²) in [6, 6.07) is 15.3. The second kappa shape index (κ2) is 10.3. The van der Waals surface area contributed by atoms with E-state index in [-0.39, 0.29) is 24.8 Å². The number of carbonyl (C=O) groups excluding carboxylic acids is 2. The van der Waals surface area contributed by atoms with Gasteiger partial charge in [0.1, 0.15) is 10.9 Å². The normalized spacial score (nSPS) is 14.9. The van der Waals surface area contributed by atoms with Gasteiger partial charge in [0.05, 0.1) is 25.5 Å². The van der Waals surface area contributed by atoms with Crippen LogP contribution in [0, 0.1) is 0 Å². The first-order valence-electron chi connectivity index (χ1n) is 9.18. The zero-order valence-corrected chi connectivity index (χ0v) is 18.3. The Hall–Kier alpha value is -2.84. The van der Waals surface area contributed by atoms with Crippen LogP contribution < -0.4 is 9.47 Å². The van der Waals surface area contributed by atoms with Gasteiger partial charge in [0, 0.05) is 6.54 Å². The molecule has 0 atom stereocenters. The Balaban J connectivity index is 1.71. The number of thiocarbonyl (C=S) groups is 1. The second-order valence-electron chi connectivity index (χ2n) is 6.34. The van der Waals surface area contributed by atoms with Gasteiger partial charge in [-0.2, -0.15) is 0 Å². The molecule has 0 unspecified atom stereocenters. The predicted molar refractivity (Wildman–Crippen MR) is 120 cm³/mol. The van der Waals surface area contributed by atoms with Crippen molar-refractivity contribution in [2.75, 3.05) is 20.8 Å². The molecule has 6 nitrogen and oxygen atoms in total. The monoisotopic (exact) mass is 443 g/mol. The summed E-state index contributed by atoms with van der Waals surface area (Å²) in [6.07, 6.45) is 1.85. The molecule has 1 amide bonds. The standard InChI is InChI=1S/C22H21NO5S2/c1-26-18-12-16(8-9-17(18)28-14-15-6-4-3-5-7-15)13-19-21(25)23(22(29)30-19)11-10-20(24)27-2/h3-9,12-13H,10-11,14H2,1-2H3. The molecule has 2 aromatic rings. The van der Waals surface area contributed by atoms with Gasteiger partial charge in [-0.25, -0.2) is 0 Å². The minimum atomic E-state index is -0.385. The summed E-state index contributed by atoms with van der Waals surface area (Å²) in [5.74, 6) is 0.575. The van der Waals surface area contributed by atoms with Gasteiger partial charge in [-0.05, 0) is 29.3 Å². The Bertz CT molecular complexity index is 975. The molecule has 0 aliphatic carbocycles. The van der Waals surface area contributed by atoms with Crippen LogP contribution in [-0.4, -0.2) is 41.9 Å². The molecule has 0 N–H and O–H groups in total. The largest absolute Gasteiger partial charge is 0.493 e. The Morgan fingerprint density at radius 1 is 1.13 bits per heavy atom. The number of hydrogen-bond acceptors (Lipinski definition) is 7. The molecule has 1 aliphatic heterocycles. The van der Waals surface area contributed by atoms with Crippen molar-refractivity contribution in [2.24, 2.45) is 0 Å². The average molecular weight is 444 g/mol. The van der Waals surface area contributed by atoms with E-state index < -0.39 is 0 Å². The van der Waals surface area contributed by atoms with Gasteiger partial charge in [-0.3, -0.25) is 14.5 Å². The first-order valence-corrected chi connectivity index (χ1v) is 10.4. The first-order chi connectivity index (χ1) is 14.5. The Morgan fingerprint density at radius 3 is 2.60 bits per heavy atom. The van der Waals surface area contributed by atoms with Crippen LogP contribution in [0.5, 0.6) is 11.5 Å². The van der Waals surface area contributed by atoms with E-state index in [1.54, 1.807) is 19.3 Å². The van der Waals surface area contributed by atoms with E-state index in [9.17, 15) is 9.59 Å². The van der Waals surface area contributed by atoms with E-state index in [0.29, 0.717) is 27.3 Å². The minimum Gasteiger partial charge on any atom is -0.493 e. The van der Waals surface area contributed by atoms with Crippen molar-refractivity contribution in [1.82, 2.24) is 4.90 Å². The molecule has 1 aliphatic rings. The molecule has 1 heterocycles. The van der Waals surface area contributed by atoms with Crippen molar-refractivity contribution in [3.05, 3.63) is 64.6 Å². The van der Waals surface area contributed by atoms with Crippen molar-refractivity contribution >= 4 is 46.3 Å². The summed E-state index contributed by atoms with van der Waals surface area (Å²) >= 11 is 6.49. The lowest BCUT2D eigenvalue weighted by molar-refractivity contribution is -0.140. The average Bonchev–Trinajstić information content (AvgIpc) is 3.03. The number of thioether (sulfide) groups is 1. The first kappa shape index (κ1) is 21.9. The Kier molecular flexibility index (Phi) is 7.48. The third-order valence-corrected chi connectivity index (χ3v) is 5.74. The smallest absolute Gasteiger partial charge is 0.307 e. The minimum absolute atomic E-state index is 0.0947. The van der Waals surface area contributed by atoms with Crippen LogP contribution in [0.3, 0.4) is 0 Å². The lowest BCUT2D eigenvalue weighted by Gasteiger charge is -2.13. The highest BCUT2D eigenvalue weighted by Crippen LogP contribution is 2.35. The number of benzene rings is 2. The van der Waals surface area contributed by atoms with Crippen LogP contribution in [-0.2, 0) is 20.9 Å². The molecular formula is C22H21NO5S2. The topological polar surface area (TPSA) is 65.1 Å². The van der Waals surface area contributed by atoms with Gasteiger partial charge in [-0.15, -0.1) is 0 Å². The molecule has 0 radical (unpaired) electrons. The van der Waals surface area contributed by atoms with E-state index in [1.807, 2.05) is 42.5 Å². The predicted octanol–water partition coefficient (Wildman–Crippen LogP) is 4.04. The van der Waals surface area contributed by atoms with E-state index in [0.717, 1.165) is 11.1 Å². The van der Waals surface area contributed by atoms with E-state index in [4.69, 9.17) is 21.7 Å². The molecule has 0 aromatic heterocycles. The van der Waals surface area contributed by atoms with Crippen LogP contribution in [0.4, 0.5) is 0 Å². The van der Waals surface area contributed by atoms with Crippen molar-refractivity contribution in [3.63, 3.8) is 0 Å². The third-order valence-electron chi connectivity index (χ3n) is 4.36. The highest BCUT2D eigenvalue weighted by molar-refractivity contribution is 8.26. The van der Waals surface area contributed by atoms with Crippen LogP contribution >= 0.6 is 24.0 Å². The fraction of sp³-hybridized carbons (Fsp3) is 0.227.